The number of ether oxygens (including phenoxy) is 2. The van der Waals surface area contributed by atoms with Crippen molar-refractivity contribution < 1.29 is 46.2 Å². The summed E-state index contributed by atoms with van der Waals surface area (Å²) < 4.78 is 62.2. The van der Waals surface area contributed by atoms with Gasteiger partial charge in [0.05, 0.1) is 35.4 Å². The van der Waals surface area contributed by atoms with E-state index >= 15 is 0 Å². The molecule has 0 aliphatic rings. The molecule has 1 heterocycles. The molecule has 254 valence electrons. The van der Waals surface area contributed by atoms with E-state index in [-0.39, 0.29) is 27.5 Å². The number of carboxylic acids is 1. The first-order valence-corrected chi connectivity index (χ1v) is 15.9. The van der Waals surface area contributed by atoms with Gasteiger partial charge in [-0.15, -0.1) is 0 Å². The monoisotopic (exact) mass is 685 g/mol. The van der Waals surface area contributed by atoms with Gasteiger partial charge < -0.3 is 19.9 Å². The third kappa shape index (κ3) is 8.32. The Morgan fingerprint density at radius 2 is 1.77 bits per heavy atom. The molecule has 4 aromatic rings. The average molecular weight is 686 g/mol. The first kappa shape index (κ1) is 35.5. The number of hydrogen-bond acceptors (Lipinski definition) is 10. The molecule has 5 N–H and O–H groups in total. The maximum Gasteiger partial charge on any atom is 0.411 e. The number of aliphatic carboxylic acids is 1. The molecule has 0 radical (unpaired) electrons. The van der Waals surface area contributed by atoms with Crippen LogP contribution in [-0.2, 0) is 24.2 Å². The minimum atomic E-state index is -4.06. The highest BCUT2D eigenvalue weighted by Gasteiger charge is 2.33. The summed E-state index contributed by atoms with van der Waals surface area (Å²) in [6, 6.07) is 12.7. The molecule has 0 aliphatic heterocycles. The first-order valence-electron chi connectivity index (χ1n) is 14.4. The number of pyridine rings is 1. The largest absolute Gasteiger partial charge is 0.481 e. The van der Waals surface area contributed by atoms with Gasteiger partial charge in [-0.25, -0.2) is 19.1 Å². The van der Waals surface area contributed by atoms with Crippen molar-refractivity contribution in [3.63, 3.8) is 0 Å². The van der Waals surface area contributed by atoms with Gasteiger partial charge in [-0.1, -0.05) is 18.2 Å². The predicted octanol–water partition coefficient (Wildman–Crippen LogP) is 4.95. The van der Waals surface area contributed by atoms with Crippen LogP contribution in [0.4, 0.5) is 25.0 Å². The smallest absolute Gasteiger partial charge is 0.411 e. The number of carbonyl (C=O) groups is 3. The van der Waals surface area contributed by atoms with Crippen LogP contribution in [0.2, 0.25) is 0 Å². The van der Waals surface area contributed by atoms with Crippen LogP contribution in [0.25, 0.3) is 10.8 Å². The Balaban J connectivity index is 1.85. The van der Waals surface area contributed by atoms with E-state index in [9.17, 15) is 36.7 Å². The Kier molecular flexibility index (Phi) is 11.1. The van der Waals surface area contributed by atoms with E-state index in [2.05, 4.69) is 25.1 Å². The summed E-state index contributed by atoms with van der Waals surface area (Å²) in [5, 5.41) is 16.5. The molecule has 4 rings (SSSR count). The van der Waals surface area contributed by atoms with Gasteiger partial charge in [-0.2, -0.15) is 8.78 Å². The van der Waals surface area contributed by atoms with Gasteiger partial charge in [0.1, 0.15) is 11.8 Å². The number of alkyl halides is 2. The third-order valence-electron chi connectivity index (χ3n) is 7.29. The molecule has 0 bridgehead atoms. The van der Waals surface area contributed by atoms with Gasteiger partial charge in [0.15, 0.2) is 9.84 Å². The summed E-state index contributed by atoms with van der Waals surface area (Å²) >= 11 is 0. The Morgan fingerprint density at radius 1 is 1.02 bits per heavy atom. The number of hydrogen-bond donors (Lipinski definition) is 4. The molecule has 0 saturated carbocycles. The van der Waals surface area contributed by atoms with Gasteiger partial charge in [-0.3, -0.25) is 24.9 Å². The molecule has 0 spiro atoms. The standard InChI is InChI=1S/C32H33F2N5O8S/c1-18(2)48(44,45)27-10-8-22(37-32(43)46-3)15-25(27)26(16-28(40)41)38-30(42)29(20-5-4-6-24(14-20)47-31(33)34)39(35)23-9-7-21-17-36-12-11-19(21)13-23/h4-15,17-18,26,29,31H,16,35H2,1-3H3,(H,37,43)(H,38,42)(H,40,41)/t26-,29-/m1/s1. The molecular weight excluding hydrogens is 652 g/mol. The van der Waals surface area contributed by atoms with E-state index in [1.165, 1.54) is 56.3 Å². The van der Waals surface area contributed by atoms with E-state index in [1.54, 1.807) is 36.7 Å². The highest BCUT2D eigenvalue weighted by molar-refractivity contribution is 7.92. The molecule has 16 heteroatoms. The van der Waals surface area contributed by atoms with Crippen molar-refractivity contribution in [1.82, 2.24) is 10.3 Å². The van der Waals surface area contributed by atoms with Crippen LogP contribution in [0.3, 0.4) is 0 Å². The third-order valence-corrected chi connectivity index (χ3v) is 9.51. The molecule has 0 aliphatic carbocycles. The number of methoxy groups -OCH3 is 1. The number of nitrogens with zero attached hydrogens (tertiary/aromatic N) is 2. The lowest BCUT2D eigenvalue weighted by Gasteiger charge is -2.31. The van der Waals surface area contributed by atoms with Crippen LogP contribution in [0.5, 0.6) is 5.75 Å². The number of fused-ring (bicyclic) bond motifs is 1. The number of halogens is 2. The minimum absolute atomic E-state index is 0.0590. The van der Waals surface area contributed by atoms with Crippen molar-refractivity contribution in [3.05, 3.63) is 90.3 Å². The molecule has 13 nitrogen and oxygen atoms in total. The second-order valence-corrected chi connectivity index (χ2v) is 13.3. The first-order chi connectivity index (χ1) is 22.7. The summed E-state index contributed by atoms with van der Waals surface area (Å²) in [5.41, 5.74) is 0.330. The second-order valence-electron chi connectivity index (χ2n) is 10.8. The zero-order chi connectivity index (χ0) is 35.2. The van der Waals surface area contributed by atoms with E-state index < -0.39 is 58.2 Å². The summed E-state index contributed by atoms with van der Waals surface area (Å²) in [6.07, 6.45) is 1.51. The Morgan fingerprint density at radius 3 is 2.44 bits per heavy atom. The van der Waals surface area contributed by atoms with Crippen LogP contribution >= 0.6 is 0 Å². The predicted molar refractivity (Wildman–Crippen MR) is 172 cm³/mol. The number of sulfone groups is 1. The summed E-state index contributed by atoms with van der Waals surface area (Å²) in [4.78, 5) is 42.1. The van der Waals surface area contributed by atoms with Crippen molar-refractivity contribution in [1.29, 1.82) is 0 Å². The lowest BCUT2D eigenvalue weighted by atomic mass is 9.99. The second kappa shape index (κ2) is 15.0. The van der Waals surface area contributed by atoms with E-state index in [4.69, 9.17) is 5.84 Å². The number of nitrogens with two attached hydrogens (primary N) is 1. The molecule has 48 heavy (non-hydrogen) atoms. The Hall–Kier alpha value is -5.35. The molecular formula is C32H33F2N5O8S. The molecule has 0 fully saturated rings. The number of carbonyl (C=O) groups excluding carboxylic acids is 2. The van der Waals surface area contributed by atoms with Crippen molar-refractivity contribution >= 4 is 50.0 Å². The lowest BCUT2D eigenvalue weighted by Crippen LogP contribution is -2.46. The average Bonchev–Trinajstić information content (AvgIpc) is 3.03. The van der Waals surface area contributed by atoms with E-state index in [0.717, 1.165) is 17.5 Å². The fourth-order valence-electron chi connectivity index (χ4n) is 4.92. The van der Waals surface area contributed by atoms with Crippen LogP contribution < -0.4 is 26.2 Å². The summed E-state index contributed by atoms with van der Waals surface area (Å²) in [5.74, 6) is 3.98. The molecule has 3 aromatic carbocycles. The molecule has 0 unspecified atom stereocenters. The van der Waals surface area contributed by atoms with Gasteiger partial charge >= 0.3 is 18.7 Å². The number of amides is 2. The molecule has 0 saturated heterocycles. The van der Waals surface area contributed by atoms with E-state index in [0.29, 0.717) is 11.1 Å². The van der Waals surface area contributed by atoms with Crippen molar-refractivity contribution in [2.24, 2.45) is 5.84 Å². The number of anilines is 2. The number of benzene rings is 3. The number of carboxylic acid groups (broad SMARTS) is 1. The highest BCUT2D eigenvalue weighted by Crippen LogP contribution is 2.34. The number of aromatic nitrogens is 1. The zero-order valence-electron chi connectivity index (χ0n) is 26.0. The van der Waals surface area contributed by atoms with Gasteiger partial charge in [0.25, 0.3) is 0 Å². The van der Waals surface area contributed by atoms with Crippen molar-refractivity contribution in [3.8, 4) is 5.75 Å². The fourth-order valence-corrected chi connectivity index (χ4v) is 6.22. The fraction of sp³-hybridized carbons (Fsp3) is 0.250. The Labute approximate surface area is 274 Å². The minimum Gasteiger partial charge on any atom is -0.481 e. The normalized spacial score (nSPS) is 12.8. The van der Waals surface area contributed by atoms with Crippen LogP contribution in [-0.4, -0.2) is 55.4 Å². The van der Waals surface area contributed by atoms with Gasteiger partial charge in [0.2, 0.25) is 5.91 Å². The van der Waals surface area contributed by atoms with E-state index in [1.807, 2.05) is 0 Å². The summed E-state index contributed by atoms with van der Waals surface area (Å²) in [6.45, 7) is -0.301. The van der Waals surface area contributed by atoms with Crippen molar-refractivity contribution in [2.75, 3.05) is 17.4 Å². The van der Waals surface area contributed by atoms with Crippen LogP contribution in [0.1, 0.15) is 43.5 Å². The van der Waals surface area contributed by atoms with Crippen molar-refractivity contribution in [2.45, 2.75) is 49.1 Å². The lowest BCUT2D eigenvalue weighted by molar-refractivity contribution is -0.137. The SMILES string of the molecule is COC(=O)Nc1ccc(S(=O)(=O)C(C)C)c([C@@H](CC(=O)O)NC(=O)[C@@H](c2cccc(OC(F)F)c2)N(N)c2ccc3cnccc3c2)c1. The Bertz CT molecular complexity index is 1930. The highest BCUT2D eigenvalue weighted by atomic mass is 32.2. The molecule has 2 amide bonds. The van der Waals surface area contributed by atoms with Gasteiger partial charge in [0, 0.05) is 23.5 Å². The van der Waals surface area contributed by atoms with Gasteiger partial charge in [-0.05, 0) is 78.9 Å². The maximum atomic E-state index is 14.3. The summed E-state index contributed by atoms with van der Waals surface area (Å²) in [7, 11) is -2.94. The zero-order valence-corrected chi connectivity index (χ0v) is 26.8. The number of rotatable bonds is 13. The maximum absolute atomic E-state index is 14.3. The molecule has 1 aromatic heterocycles. The molecule has 2 atom stereocenters. The van der Waals surface area contributed by atoms with Crippen LogP contribution in [0.15, 0.2) is 84.0 Å². The van der Waals surface area contributed by atoms with Crippen LogP contribution in [0, 0.1) is 0 Å². The number of nitrogens with one attached hydrogen (secondary N) is 2. The quantitative estimate of drug-likeness (QED) is 0.110. The number of hydrazine groups is 1. The topological polar surface area (TPSA) is 190 Å².